The van der Waals surface area contributed by atoms with Gasteiger partial charge < -0.3 is 10.6 Å². The number of aryl methyl sites for hydroxylation is 1. The van der Waals surface area contributed by atoms with E-state index in [9.17, 15) is 9.18 Å². The van der Waals surface area contributed by atoms with Crippen LogP contribution in [0.5, 0.6) is 0 Å². The van der Waals surface area contributed by atoms with E-state index in [1.807, 2.05) is 19.1 Å². The lowest BCUT2D eigenvalue weighted by molar-refractivity contribution is 0.0986. The molecule has 0 bridgehead atoms. The molecule has 2 aromatic rings. The number of amides is 1. The van der Waals surface area contributed by atoms with Crippen molar-refractivity contribution in [1.29, 1.82) is 0 Å². The zero-order valence-corrected chi connectivity index (χ0v) is 12.3. The minimum absolute atomic E-state index is 0.230. The zero-order valence-electron chi connectivity index (χ0n) is 12.3. The highest BCUT2D eigenvalue weighted by atomic mass is 19.1. The predicted octanol–water partition coefficient (Wildman–Crippen LogP) is 3.77. The molecule has 0 atom stereocenters. The number of benzene rings is 2. The first-order chi connectivity index (χ1) is 10.0. The van der Waals surface area contributed by atoms with E-state index in [2.05, 4.69) is 0 Å². The first kappa shape index (κ1) is 15.0. The number of carbonyl (C=O) groups excluding carboxylic acids is 1. The van der Waals surface area contributed by atoms with Crippen LogP contribution in [0, 0.1) is 12.7 Å². The van der Waals surface area contributed by atoms with E-state index in [0.29, 0.717) is 23.5 Å². The van der Waals surface area contributed by atoms with Gasteiger partial charge in [-0.3, -0.25) is 4.79 Å². The fourth-order valence-corrected chi connectivity index (χ4v) is 2.26. The number of para-hydroxylation sites is 2. The minimum Gasteiger partial charge on any atom is -0.397 e. The fraction of sp³-hybridized carbons (Fsp3) is 0.235. The molecular weight excluding hydrogens is 267 g/mol. The largest absolute Gasteiger partial charge is 0.397 e. The molecular formula is C17H19FN2O. The van der Waals surface area contributed by atoms with Gasteiger partial charge in [0.2, 0.25) is 0 Å². The van der Waals surface area contributed by atoms with Crippen molar-refractivity contribution in [2.75, 3.05) is 17.2 Å². The maximum Gasteiger partial charge on any atom is 0.258 e. The Balaban J connectivity index is 2.45. The number of nitrogens with zero attached hydrogens (tertiary/aromatic N) is 1. The van der Waals surface area contributed by atoms with Crippen LogP contribution in [0.4, 0.5) is 15.8 Å². The quantitative estimate of drug-likeness (QED) is 0.870. The van der Waals surface area contributed by atoms with E-state index in [4.69, 9.17) is 5.73 Å². The van der Waals surface area contributed by atoms with Gasteiger partial charge in [-0.15, -0.1) is 0 Å². The molecule has 0 aliphatic rings. The van der Waals surface area contributed by atoms with Crippen molar-refractivity contribution in [1.82, 2.24) is 0 Å². The maximum atomic E-state index is 13.4. The Labute approximate surface area is 124 Å². The highest BCUT2D eigenvalue weighted by Crippen LogP contribution is 2.25. The molecule has 1 amide bonds. The molecule has 0 fully saturated rings. The van der Waals surface area contributed by atoms with Gasteiger partial charge in [0, 0.05) is 12.1 Å². The van der Waals surface area contributed by atoms with Crippen LogP contribution in [-0.2, 0) is 0 Å². The summed E-state index contributed by atoms with van der Waals surface area (Å²) in [5.74, 6) is -0.645. The number of carbonyl (C=O) groups is 1. The first-order valence-electron chi connectivity index (χ1n) is 6.97. The highest BCUT2D eigenvalue weighted by molar-refractivity contribution is 6.08. The minimum atomic E-state index is -0.415. The average molecular weight is 286 g/mol. The molecule has 0 unspecified atom stereocenters. The van der Waals surface area contributed by atoms with Crippen molar-refractivity contribution in [3.63, 3.8) is 0 Å². The number of hydrogen-bond acceptors (Lipinski definition) is 2. The molecule has 0 aliphatic carbocycles. The maximum absolute atomic E-state index is 13.4. The first-order valence-corrected chi connectivity index (χ1v) is 6.97. The summed E-state index contributed by atoms with van der Waals surface area (Å²) < 4.78 is 13.4. The molecule has 21 heavy (non-hydrogen) atoms. The summed E-state index contributed by atoms with van der Waals surface area (Å²) in [6.07, 6.45) is 0.786. The van der Waals surface area contributed by atoms with Crippen molar-refractivity contribution in [3.8, 4) is 0 Å². The van der Waals surface area contributed by atoms with Gasteiger partial charge in [0.25, 0.3) is 5.91 Å². The summed E-state index contributed by atoms with van der Waals surface area (Å²) in [7, 11) is 0. The predicted molar refractivity (Wildman–Crippen MR) is 84.0 cm³/mol. The Morgan fingerprint density at radius 1 is 1.24 bits per heavy atom. The van der Waals surface area contributed by atoms with Crippen molar-refractivity contribution >= 4 is 17.3 Å². The number of nitrogen functional groups attached to an aromatic ring is 1. The number of nitrogens with two attached hydrogens (primary N) is 1. The molecule has 0 saturated carbocycles. The monoisotopic (exact) mass is 286 g/mol. The van der Waals surface area contributed by atoms with Crippen LogP contribution < -0.4 is 10.6 Å². The molecule has 0 aromatic heterocycles. The number of halogens is 1. The summed E-state index contributed by atoms with van der Waals surface area (Å²) in [5, 5.41) is 0. The van der Waals surface area contributed by atoms with E-state index < -0.39 is 5.82 Å². The Hall–Kier alpha value is -2.36. The summed E-state index contributed by atoms with van der Waals surface area (Å²) in [5.41, 5.74) is 8.28. The van der Waals surface area contributed by atoms with E-state index in [1.54, 1.807) is 30.0 Å². The van der Waals surface area contributed by atoms with Gasteiger partial charge in [0.1, 0.15) is 5.82 Å². The summed E-state index contributed by atoms with van der Waals surface area (Å²) in [6, 6.07) is 11.5. The lowest BCUT2D eigenvalue weighted by atomic mass is 10.1. The van der Waals surface area contributed by atoms with E-state index in [1.165, 1.54) is 12.1 Å². The van der Waals surface area contributed by atoms with Crippen LogP contribution >= 0.6 is 0 Å². The molecule has 0 aliphatic heterocycles. The molecule has 110 valence electrons. The van der Waals surface area contributed by atoms with Crippen molar-refractivity contribution in [2.45, 2.75) is 20.3 Å². The van der Waals surface area contributed by atoms with Gasteiger partial charge in [-0.25, -0.2) is 4.39 Å². The third kappa shape index (κ3) is 3.21. The Morgan fingerprint density at radius 2 is 1.95 bits per heavy atom. The molecule has 2 rings (SSSR count). The van der Waals surface area contributed by atoms with Gasteiger partial charge in [-0.1, -0.05) is 25.1 Å². The summed E-state index contributed by atoms with van der Waals surface area (Å²) in [4.78, 5) is 14.4. The molecule has 0 radical (unpaired) electrons. The van der Waals surface area contributed by atoms with Gasteiger partial charge in [0.15, 0.2) is 0 Å². The second-order valence-corrected chi connectivity index (χ2v) is 4.97. The Morgan fingerprint density at radius 3 is 2.62 bits per heavy atom. The van der Waals surface area contributed by atoms with Gasteiger partial charge >= 0.3 is 0 Å². The Bertz CT molecular complexity index is 655. The van der Waals surface area contributed by atoms with Crippen LogP contribution in [0.3, 0.4) is 0 Å². The smallest absolute Gasteiger partial charge is 0.258 e. The summed E-state index contributed by atoms with van der Waals surface area (Å²) >= 11 is 0. The van der Waals surface area contributed by atoms with E-state index >= 15 is 0 Å². The van der Waals surface area contributed by atoms with Gasteiger partial charge in [-0.05, 0) is 43.2 Å². The van der Waals surface area contributed by atoms with Crippen LogP contribution in [0.2, 0.25) is 0 Å². The van der Waals surface area contributed by atoms with Gasteiger partial charge in [0.05, 0.1) is 11.4 Å². The molecule has 3 nitrogen and oxygen atoms in total. The van der Waals surface area contributed by atoms with Crippen LogP contribution in [0.25, 0.3) is 0 Å². The van der Waals surface area contributed by atoms with Gasteiger partial charge in [-0.2, -0.15) is 0 Å². The zero-order chi connectivity index (χ0) is 15.4. The lowest BCUT2D eigenvalue weighted by Crippen LogP contribution is -2.32. The Kier molecular flexibility index (Phi) is 4.58. The summed E-state index contributed by atoms with van der Waals surface area (Å²) in [6.45, 7) is 4.31. The van der Waals surface area contributed by atoms with Crippen molar-refractivity contribution in [2.24, 2.45) is 0 Å². The normalized spacial score (nSPS) is 10.4. The SMILES string of the molecule is CCCN(C(=O)c1cc(F)ccc1C)c1ccccc1N. The molecule has 2 aromatic carbocycles. The van der Waals surface area contributed by atoms with Crippen molar-refractivity contribution < 1.29 is 9.18 Å². The number of hydrogen-bond donors (Lipinski definition) is 1. The molecule has 0 heterocycles. The average Bonchev–Trinajstić information content (AvgIpc) is 2.47. The second-order valence-electron chi connectivity index (χ2n) is 4.97. The van der Waals surface area contributed by atoms with Crippen LogP contribution in [-0.4, -0.2) is 12.5 Å². The van der Waals surface area contributed by atoms with Crippen LogP contribution in [0.1, 0.15) is 29.3 Å². The third-order valence-corrected chi connectivity index (χ3v) is 3.35. The fourth-order valence-electron chi connectivity index (χ4n) is 2.26. The number of rotatable bonds is 4. The molecule has 4 heteroatoms. The molecule has 0 saturated heterocycles. The molecule has 2 N–H and O–H groups in total. The standard InChI is InChI=1S/C17H19FN2O/c1-3-10-20(16-7-5-4-6-15(16)19)17(21)14-11-13(18)9-8-12(14)2/h4-9,11H,3,10,19H2,1-2H3. The lowest BCUT2D eigenvalue weighted by Gasteiger charge is -2.24. The van der Waals surface area contributed by atoms with E-state index in [0.717, 1.165) is 12.0 Å². The third-order valence-electron chi connectivity index (χ3n) is 3.35. The van der Waals surface area contributed by atoms with E-state index in [-0.39, 0.29) is 5.91 Å². The topological polar surface area (TPSA) is 46.3 Å². The van der Waals surface area contributed by atoms with Crippen LogP contribution in [0.15, 0.2) is 42.5 Å². The van der Waals surface area contributed by atoms with Crippen molar-refractivity contribution in [3.05, 3.63) is 59.4 Å². The second kappa shape index (κ2) is 6.39. The highest BCUT2D eigenvalue weighted by Gasteiger charge is 2.20. The molecule has 0 spiro atoms. The number of anilines is 2.